The molecule has 1 aliphatic rings. The van der Waals surface area contributed by atoms with Crippen LogP contribution < -0.4 is 0 Å². The van der Waals surface area contributed by atoms with Crippen molar-refractivity contribution in [2.24, 2.45) is 0 Å². The van der Waals surface area contributed by atoms with Crippen LogP contribution in [0.1, 0.15) is 24.5 Å². The molecule has 0 radical (unpaired) electrons. The maximum atomic E-state index is 13.5. The number of nitrogens with one attached hydrogen (secondary N) is 1. The zero-order valence-corrected chi connectivity index (χ0v) is 20.9. The van der Waals surface area contributed by atoms with Gasteiger partial charge in [-0.2, -0.15) is 0 Å². The zero-order valence-electron chi connectivity index (χ0n) is 19.4. The topological polar surface area (TPSA) is 82.7 Å². The Balaban J connectivity index is 1.52. The molecular formula is C26H27Cl2N3O4. The molecule has 2 amide bonds. The molecule has 1 aromatic heterocycles. The number of amides is 2. The van der Waals surface area contributed by atoms with Gasteiger partial charge in [0.1, 0.15) is 18.1 Å². The number of aromatic nitrogens is 1. The second-order valence-electron chi connectivity index (χ2n) is 8.45. The highest BCUT2D eigenvalue weighted by atomic mass is 35.5. The normalized spacial score (nSPS) is 17.2. The number of fused-ring (bicyclic) bond motifs is 1. The summed E-state index contributed by atoms with van der Waals surface area (Å²) in [5.41, 5.74) is 2.19. The number of para-hydroxylation sites is 1. The molecular weight excluding hydrogens is 489 g/mol. The van der Waals surface area contributed by atoms with Crippen LogP contribution in [-0.2, 0) is 32.0 Å². The van der Waals surface area contributed by atoms with Gasteiger partial charge >= 0.3 is 5.97 Å². The number of carbonyl (C=O) groups is 3. The van der Waals surface area contributed by atoms with Crippen molar-refractivity contribution in [3.8, 4) is 0 Å². The lowest BCUT2D eigenvalue weighted by Gasteiger charge is -2.41. The third kappa shape index (κ3) is 5.80. The van der Waals surface area contributed by atoms with Crippen LogP contribution in [0.15, 0.2) is 54.7 Å². The van der Waals surface area contributed by atoms with E-state index in [2.05, 4.69) is 4.98 Å². The van der Waals surface area contributed by atoms with Crippen molar-refractivity contribution in [3.63, 3.8) is 0 Å². The predicted octanol–water partition coefficient (Wildman–Crippen LogP) is 4.16. The van der Waals surface area contributed by atoms with Gasteiger partial charge in [-0.15, -0.1) is 0 Å². The van der Waals surface area contributed by atoms with Crippen molar-refractivity contribution >= 4 is 51.9 Å². The Hall–Kier alpha value is -3.03. The number of ether oxygens (including phenoxy) is 1. The Bertz CT molecular complexity index is 1210. The lowest BCUT2D eigenvalue weighted by molar-refractivity contribution is -0.160. The first-order valence-corrected chi connectivity index (χ1v) is 12.4. The van der Waals surface area contributed by atoms with E-state index in [4.69, 9.17) is 27.9 Å². The molecule has 0 aliphatic carbocycles. The Labute approximate surface area is 213 Å². The highest BCUT2D eigenvalue weighted by Gasteiger charge is 2.42. The number of hydrogen-bond donors (Lipinski definition) is 1. The average molecular weight is 516 g/mol. The fourth-order valence-corrected chi connectivity index (χ4v) is 4.88. The van der Waals surface area contributed by atoms with Gasteiger partial charge in [-0.1, -0.05) is 53.5 Å². The molecule has 2 atom stereocenters. The van der Waals surface area contributed by atoms with Crippen molar-refractivity contribution < 1.29 is 19.1 Å². The summed E-state index contributed by atoms with van der Waals surface area (Å²) in [4.78, 5) is 45.1. The van der Waals surface area contributed by atoms with Crippen LogP contribution in [0.5, 0.6) is 0 Å². The third-order valence-corrected chi connectivity index (χ3v) is 6.83. The third-order valence-electron chi connectivity index (χ3n) is 6.19. The molecule has 1 fully saturated rings. The van der Waals surface area contributed by atoms with Crippen LogP contribution in [-0.4, -0.2) is 63.8 Å². The molecule has 4 rings (SSSR count). The Morgan fingerprint density at radius 1 is 1.17 bits per heavy atom. The molecule has 3 aromatic rings. The number of nitrogens with zero attached hydrogens (tertiary/aromatic N) is 2. The number of aromatic amines is 1. The van der Waals surface area contributed by atoms with Gasteiger partial charge in [0.05, 0.1) is 13.0 Å². The number of benzene rings is 2. The van der Waals surface area contributed by atoms with Crippen LogP contribution in [0.3, 0.4) is 0 Å². The van der Waals surface area contributed by atoms with Crippen LogP contribution in [0.2, 0.25) is 5.02 Å². The first-order chi connectivity index (χ1) is 16.9. The van der Waals surface area contributed by atoms with E-state index < -0.39 is 17.5 Å². The van der Waals surface area contributed by atoms with Gasteiger partial charge in [0.25, 0.3) is 0 Å². The van der Waals surface area contributed by atoms with Crippen LogP contribution >= 0.6 is 23.2 Å². The van der Waals surface area contributed by atoms with E-state index in [1.54, 1.807) is 19.1 Å². The SMILES string of the molecule is CCOC(=O)CC1C(=O)N(C(Cl)Cc2ccc(Cl)cc2)CC(=O)N1CCc1c[nH]c2ccccc12. The molecule has 1 N–H and O–H groups in total. The summed E-state index contributed by atoms with van der Waals surface area (Å²) in [5.74, 6) is -1.13. The van der Waals surface area contributed by atoms with E-state index in [1.807, 2.05) is 42.6 Å². The lowest BCUT2D eigenvalue weighted by Crippen LogP contribution is -2.62. The first kappa shape index (κ1) is 25.1. The van der Waals surface area contributed by atoms with E-state index >= 15 is 0 Å². The van der Waals surface area contributed by atoms with Crippen molar-refractivity contribution in [1.82, 2.24) is 14.8 Å². The number of carbonyl (C=O) groups excluding carboxylic acids is 3. The number of esters is 1. The zero-order chi connectivity index (χ0) is 24.9. The molecule has 1 aliphatic heterocycles. The van der Waals surface area contributed by atoms with E-state index in [1.165, 1.54) is 9.80 Å². The maximum Gasteiger partial charge on any atom is 0.308 e. The molecule has 2 unspecified atom stereocenters. The average Bonchev–Trinajstić information content (AvgIpc) is 3.25. The molecule has 0 bridgehead atoms. The monoisotopic (exact) mass is 515 g/mol. The second-order valence-corrected chi connectivity index (χ2v) is 9.39. The molecule has 35 heavy (non-hydrogen) atoms. The van der Waals surface area contributed by atoms with Crippen molar-refractivity contribution in [3.05, 3.63) is 70.9 Å². The molecule has 9 heteroatoms. The minimum atomic E-state index is -0.966. The Morgan fingerprint density at radius 2 is 1.91 bits per heavy atom. The summed E-state index contributed by atoms with van der Waals surface area (Å²) in [7, 11) is 0. The number of H-pyrrole nitrogens is 1. The second kappa shape index (κ2) is 11.1. The Kier molecular flexibility index (Phi) is 7.98. The number of piperazine rings is 1. The highest BCUT2D eigenvalue weighted by molar-refractivity contribution is 6.30. The van der Waals surface area contributed by atoms with E-state index in [-0.39, 0.29) is 31.4 Å². The standard InChI is InChI=1S/C26H27Cl2N3O4/c1-2-35-25(33)14-22-26(34)31(23(28)13-17-7-9-19(27)10-8-17)16-24(32)30(22)12-11-18-15-29-21-6-4-3-5-20(18)21/h3-10,15,22-23,29H,2,11-14,16H2,1H3. The Morgan fingerprint density at radius 3 is 2.66 bits per heavy atom. The maximum absolute atomic E-state index is 13.5. The fraction of sp³-hybridized carbons (Fsp3) is 0.346. The summed E-state index contributed by atoms with van der Waals surface area (Å²) in [6, 6.07) is 14.1. The van der Waals surface area contributed by atoms with Gasteiger partial charge in [0.2, 0.25) is 11.8 Å². The van der Waals surface area contributed by atoms with Crippen LogP contribution in [0.25, 0.3) is 10.9 Å². The number of hydrogen-bond acceptors (Lipinski definition) is 4. The summed E-state index contributed by atoms with van der Waals surface area (Å²) in [5, 5.41) is 1.67. The van der Waals surface area contributed by atoms with Crippen LogP contribution in [0, 0.1) is 0 Å². The largest absolute Gasteiger partial charge is 0.466 e. The van der Waals surface area contributed by atoms with Gasteiger partial charge in [-0.25, -0.2) is 0 Å². The van der Waals surface area contributed by atoms with Gasteiger partial charge in [-0.3, -0.25) is 14.4 Å². The van der Waals surface area contributed by atoms with Gasteiger partial charge < -0.3 is 19.5 Å². The smallest absolute Gasteiger partial charge is 0.308 e. The van der Waals surface area contributed by atoms with Gasteiger partial charge in [-0.05, 0) is 42.7 Å². The summed E-state index contributed by atoms with van der Waals surface area (Å²) < 4.78 is 5.09. The first-order valence-electron chi connectivity index (χ1n) is 11.6. The lowest BCUT2D eigenvalue weighted by atomic mass is 10.0. The molecule has 0 saturated carbocycles. The van der Waals surface area contributed by atoms with Crippen molar-refractivity contribution in [2.75, 3.05) is 19.7 Å². The minimum Gasteiger partial charge on any atom is -0.466 e. The summed E-state index contributed by atoms with van der Waals surface area (Å²) >= 11 is 12.6. The molecule has 184 valence electrons. The van der Waals surface area contributed by atoms with Crippen LogP contribution in [0.4, 0.5) is 0 Å². The van der Waals surface area contributed by atoms with Crippen molar-refractivity contribution in [2.45, 2.75) is 37.7 Å². The molecule has 7 nitrogen and oxygen atoms in total. The quantitative estimate of drug-likeness (QED) is 0.263. The van der Waals surface area contributed by atoms with E-state index in [0.29, 0.717) is 24.4 Å². The molecule has 2 heterocycles. The molecule has 1 saturated heterocycles. The van der Waals surface area contributed by atoms with Gasteiger partial charge in [0, 0.05) is 35.1 Å². The highest BCUT2D eigenvalue weighted by Crippen LogP contribution is 2.25. The van der Waals surface area contributed by atoms with E-state index in [9.17, 15) is 14.4 Å². The predicted molar refractivity (Wildman–Crippen MR) is 135 cm³/mol. The van der Waals surface area contributed by atoms with Gasteiger partial charge in [0.15, 0.2) is 0 Å². The van der Waals surface area contributed by atoms with E-state index in [0.717, 1.165) is 22.0 Å². The molecule has 2 aromatic carbocycles. The van der Waals surface area contributed by atoms with Crippen molar-refractivity contribution in [1.29, 1.82) is 0 Å². The summed E-state index contributed by atoms with van der Waals surface area (Å²) in [6.07, 6.45) is 2.58. The summed E-state index contributed by atoms with van der Waals surface area (Å²) in [6.45, 7) is 2.05. The number of halogens is 2. The fourth-order valence-electron chi connectivity index (χ4n) is 4.41. The number of alkyl halides is 1. The minimum absolute atomic E-state index is 0.145. The molecule has 0 spiro atoms. The number of rotatable bonds is 9.